The first-order chi connectivity index (χ1) is 9.33. The first-order valence-corrected chi connectivity index (χ1v) is 6.12. The van der Waals surface area contributed by atoms with Crippen LogP contribution < -0.4 is 5.32 Å². The lowest BCUT2D eigenvalue weighted by molar-refractivity contribution is -0.121. The zero-order valence-electron chi connectivity index (χ0n) is 10.3. The van der Waals surface area contributed by atoms with Crippen LogP contribution in [0.4, 0.5) is 0 Å². The van der Waals surface area contributed by atoms with E-state index in [1.165, 1.54) is 0 Å². The van der Waals surface area contributed by atoms with Crippen molar-refractivity contribution in [3.63, 3.8) is 0 Å². The lowest BCUT2D eigenvalue weighted by atomic mass is 10.3. The molecule has 1 aromatic carbocycles. The zero-order valence-corrected chi connectivity index (χ0v) is 10.3. The van der Waals surface area contributed by atoms with Gasteiger partial charge in [0.25, 0.3) is 0 Å². The van der Waals surface area contributed by atoms with Gasteiger partial charge in [0.2, 0.25) is 5.91 Å². The van der Waals surface area contributed by atoms with Gasteiger partial charge in [-0.1, -0.05) is 12.1 Å². The summed E-state index contributed by atoms with van der Waals surface area (Å²) in [6.45, 7) is 0.791. The van der Waals surface area contributed by atoms with Crippen molar-refractivity contribution >= 4 is 16.9 Å². The molecule has 2 heterocycles. The van der Waals surface area contributed by atoms with Gasteiger partial charge in [-0.15, -0.1) is 0 Å². The largest absolute Gasteiger partial charge is 0.364 e. The molecule has 0 saturated carbocycles. The third-order valence-electron chi connectivity index (χ3n) is 2.98. The van der Waals surface area contributed by atoms with E-state index < -0.39 is 0 Å². The topological polar surface area (TPSA) is 62.7 Å². The van der Waals surface area contributed by atoms with Crippen molar-refractivity contribution < 1.29 is 4.79 Å². The normalized spacial score (nSPS) is 10.7. The highest BCUT2D eigenvalue weighted by Gasteiger charge is 2.06. The number of para-hydroxylation sites is 2. The number of nitrogens with zero attached hydrogens (tertiary/aromatic N) is 2. The van der Waals surface area contributed by atoms with Crippen molar-refractivity contribution in [1.29, 1.82) is 0 Å². The number of nitrogens with one attached hydrogen (secondary N) is 2. The van der Waals surface area contributed by atoms with Crippen LogP contribution in [0.5, 0.6) is 0 Å². The maximum atomic E-state index is 11.9. The number of amides is 1. The molecule has 3 rings (SSSR count). The van der Waals surface area contributed by atoms with Crippen LogP contribution in [0.1, 0.15) is 5.69 Å². The number of aromatic amines is 1. The molecule has 2 aromatic heterocycles. The summed E-state index contributed by atoms with van der Waals surface area (Å²) in [4.78, 5) is 19.2. The molecule has 0 atom stereocenters. The number of benzene rings is 1. The van der Waals surface area contributed by atoms with E-state index in [4.69, 9.17) is 0 Å². The first-order valence-electron chi connectivity index (χ1n) is 6.12. The highest BCUT2D eigenvalue weighted by Crippen LogP contribution is 2.11. The number of carbonyl (C=O) groups excluding carboxylic acids is 1. The number of fused-ring (bicyclic) bond motifs is 1. The van der Waals surface area contributed by atoms with Gasteiger partial charge in [0.15, 0.2) is 0 Å². The molecule has 0 spiro atoms. The lowest BCUT2D eigenvalue weighted by Crippen LogP contribution is -2.26. The molecule has 96 valence electrons. The maximum Gasteiger partial charge on any atom is 0.240 e. The summed E-state index contributed by atoms with van der Waals surface area (Å²) < 4.78 is 1.85. The van der Waals surface area contributed by atoms with Gasteiger partial charge in [-0.25, -0.2) is 4.98 Å². The van der Waals surface area contributed by atoms with E-state index in [1.54, 1.807) is 6.33 Å². The molecule has 5 heteroatoms. The van der Waals surface area contributed by atoms with E-state index in [0.29, 0.717) is 6.54 Å². The van der Waals surface area contributed by atoms with Crippen LogP contribution in [-0.2, 0) is 17.9 Å². The molecule has 0 aliphatic rings. The summed E-state index contributed by atoms with van der Waals surface area (Å²) in [5.41, 5.74) is 2.86. The molecule has 3 aromatic rings. The molecule has 5 nitrogen and oxygen atoms in total. The van der Waals surface area contributed by atoms with Crippen LogP contribution in [0.3, 0.4) is 0 Å². The van der Waals surface area contributed by atoms with Crippen LogP contribution >= 0.6 is 0 Å². The minimum Gasteiger partial charge on any atom is -0.364 e. The number of carbonyl (C=O) groups is 1. The fourth-order valence-electron chi connectivity index (χ4n) is 2.02. The average Bonchev–Trinajstić information content (AvgIpc) is 3.07. The smallest absolute Gasteiger partial charge is 0.240 e. The summed E-state index contributed by atoms with van der Waals surface area (Å²) in [6, 6.07) is 11.6. The van der Waals surface area contributed by atoms with Crippen molar-refractivity contribution in [3.05, 3.63) is 54.6 Å². The molecule has 1 amide bonds. The van der Waals surface area contributed by atoms with E-state index in [9.17, 15) is 4.79 Å². The van der Waals surface area contributed by atoms with Gasteiger partial charge >= 0.3 is 0 Å². The predicted molar refractivity (Wildman–Crippen MR) is 72.4 cm³/mol. The van der Waals surface area contributed by atoms with Crippen LogP contribution in [-0.4, -0.2) is 20.4 Å². The first kappa shape index (κ1) is 11.5. The number of hydrogen-bond acceptors (Lipinski definition) is 2. The minimum absolute atomic E-state index is 0.0299. The highest BCUT2D eigenvalue weighted by atomic mass is 16.1. The minimum atomic E-state index is -0.0299. The van der Waals surface area contributed by atoms with Gasteiger partial charge in [-0.2, -0.15) is 0 Å². The summed E-state index contributed by atoms with van der Waals surface area (Å²) in [7, 11) is 0. The second kappa shape index (κ2) is 4.97. The number of imidazole rings is 1. The number of H-pyrrole nitrogens is 1. The van der Waals surface area contributed by atoms with Gasteiger partial charge in [-0.3, -0.25) is 4.79 Å². The Kier molecular flexibility index (Phi) is 3.02. The quantitative estimate of drug-likeness (QED) is 0.744. The summed E-state index contributed by atoms with van der Waals surface area (Å²) >= 11 is 0. The monoisotopic (exact) mass is 254 g/mol. The maximum absolute atomic E-state index is 11.9. The Bertz CT molecular complexity index is 684. The van der Waals surface area contributed by atoms with Gasteiger partial charge in [0.05, 0.1) is 23.9 Å². The van der Waals surface area contributed by atoms with Gasteiger partial charge < -0.3 is 14.9 Å². The molecule has 0 aliphatic carbocycles. The molecule has 19 heavy (non-hydrogen) atoms. The second-order valence-electron chi connectivity index (χ2n) is 4.33. The Balaban J connectivity index is 1.66. The summed E-state index contributed by atoms with van der Waals surface area (Å²) in [5.74, 6) is -0.0299. The van der Waals surface area contributed by atoms with Crippen molar-refractivity contribution in [1.82, 2.24) is 19.9 Å². The van der Waals surface area contributed by atoms with Crippen molar-refractivity contribution in [2.45, 2.75) is 13.1 Å². The number of aromatic nitrogens is 3. The number of hydrogen-bond donors (Lipinski definition) is 2. The Morgan fingerprint density at radius 1 is 1.26 bits per heavy atom. The molecule has 2 N–H and O–H groups in total. The Labute approximate surface area is 110 Å². The van der Waals surface area contributed by atoms with E-state index in [-0.39, 0.29) is 12.5 Å². The highest BCUT2D eigenvalue weighted by molar-refractivity contribution is 5.80. The average molecular weight is 254 g/mol. The molecule has 0 aliphatic heterocycles. The van der Waals surface area contributed by atoms with Crippen LogP contribution in [0.25, 0.3) is 11.0 Å². The molecular formula is C14H14N4O. The second-order valence-corrected chi connectivity index (χ2v) is 4.33. The standard InChI is InChI=1S/C14H14N4O/c19-14(16-8-11-4-3-7-15-11)9-18-10-17-12-5-1-2-6-13(12)18/h1-7,10,15H,8-9H2,(H,16,19). The Morgan fingerprint density at radius 2 is 2.16 bits per heavy atom. The van der Waals surface area contributed by atoms with Crippen LogP contribution in [0, 0.1) is 0 Å². The summed E-state index contributed by atoms with van der Waals surface area (Å²) in [5, 5.41) is 2.87. The van der Waals surface area contributed by atoms with Crippen LogP contribution in [0.2, 0.25) is 0 Å². The van der Waals surface area contributed by atoms with Gasteiger partial charge in [-0.05, 0) is 24.3 Å². The fourth-order valence-corrected chi connectivity index (χ4v) is 2.02. The lowest BCUT2D eigenvalue weighted by Gasteiger charge is -2.05. The Hall–Kier alpha value is -2.56. The molecule has 0 saturated heterocycles. The van der Waals surface area contributed by atoms with E-state index in [0.717, 1.165) is 16.7 Å². The van der Waals surface area contributed by atoms with Crippen molar-refractivity contribution in [2.75, 3.05) is 0 Å². The van der Waals surface area contributed by atoms with Crippen LogP contribution in [0.15, 0.2) is 48.9 Å². The van der Waals surface area contributed by atoms with Gasteiger partial charge in [0.1, 0.15) is 6.54 Å². The van der Waals surface area contributed by atoms with E-state index in [2.05, 4.69) is 15.3 Å². The van der Waals surface area contributed by atoms with Crippen molar-refractivity contribution in [3.8, 4) is 0 Å². The SMILES string of the molecule is O=C(Cn1cnc2ccccc21)NCc1ccc[nH]1. The molecule has 0 fully saturated rings. The molecular weight excluding hydrogens is 240 g/mol. The molecule has 0 bridgehead atoms. The van der Waals surface area contributed by atoms with Gasteiger partial charge in [0, 0.05) is 11.9 Å². The Morgan fingerprint density at radius 3 is 3.00 bits per heavy atom. The van der Waals surface area contributed by atoms with E-state index in [1.807, 2.05) is 47.2 Å². The predicted octanol–water partition coefficient (Wildman–Crippen LogP) is 1.68. The molecule has 0 unspecified atom stereocenters. The zero-order chi connectivity index (χ0) is 13.1. The third-order valence-corrected chi connectivity index (χ3v) is 2.98. The van der Waals surface area contributed by atoms with E-state index >= 15 is 0 Å². The number of rotatable bonds is 4. The molecule has 0 radical (unpaired) electrons. The fraction of sp³-hybridized carbons (Fsp3) is 0.143. The van der Waals surface area contributed by atoms with Crippen molar-refractivity contribution in [2.24, 2.45) is 0 Å². The third kappa shape index (κ3) is 2.49. The summed E-state index contributed by atoms with van der Waals surface area (Å²) in [6.07, 6.45) is 3.53.